The molecule has 0 aliphatic carbocycles. The van der Waals surface area contributed by atoms with Gasteiger partial charge in [0, 0.05) is 41.0 Å². The first-order valence-electron chi connectivity index (χ1n) is 13.9. The standard InChI is InChI=1S/C36H26F2N4O.Pt/c1-36(2,3)25-13-14-39-35(17-25)42-33-10-5-4-9-31(33)32-12-11-30(20-34(32)42)43-29-8-6-7-28(19-29)41-22-24(21-40-41)23-15-26(37)18-27(38)16-23;/h4-18,21-22H,1-3H3;/q-2;+2. The molecule has 3 heterocycles. The summed E-state index contributed by atoms with van der Waals surface area (Å²) >= 11 is 0. The van der Waals surface area contributed by atoms with Crippen molar-refractivity contribution in [3.63, 3.8) is 0 Å². The Hall–Kier alpha value is -4.61. The van der Waals surface area contributed by atoms with E-state index in [1.54, 1.807) is 23.1 Å². The minimum Gasteiger partial charge on any atom is -0.509 e. The molecule has 0 bridgehead atoms. The van der Waals surface area contributed by atoms with Crippen LogP contribution in [0.5, 0.6) is 11.5 Å². The van der Waals surface area contributed by atoms with Crippen LogP contribution in [0.2, 0.25) is 0 Å². The van der Waals surface area contributed by atoms with E-state index >= 15 is 0 Å². The third-order valence-electron chi connectivity index (χ3n) is 7.40. The van der Waals surface area contributed by atoms with E-state index < -0.39 is 11.6 Å². The van der Waals surface area contributed by atoms with Crippen molar-refractivity contribution in [2.45, 2.75) is 26.2 Å². The molecule has 5 nitrogen and oxygen atoms in total. The van der Waals surface area contributed by atoms with E-state index in [1.165, 1.54) is 17.7 Å². The summed E-state index contributed by atoms with van der Waals surface area (Å²) in [6.45, 7) is 6.56. The summed E-state index contributed by atoms with van der Waals surface area (Å²) in [6.07, 6.45) is 5.10. The summed E-state index contributed by atoms with van der Waals surface area (Å²) in [7, 11) is 0. The molecule has 8 heteroatoms. The quantitative estimate of drug-likeness (QED) is 0.165. The maximum absolute atomic E-state index is 13.7. The van der Waals surface area contributed by atoms with Gasteiger partial charge in [0.25, 0.3) is 0 Å². The Morgan fingerprint density at radius 2 is 1.55 bits per heavy atom. The predicted molar refractivity (Wildman–Crippen MR) is 164 cm³/mol. The molecule has 0 atom stereocenters. The minimum atomic E-state index is -0.644. The molecule has 7 rings (SSSR count). The van der Waals surface area contributed by atoms with Crippen LogP contribution in [0.1, 0.15) is 26.3 Å². The Balaban J connectivity index is 0.00000343. The van der Waals surface area contributed by atoms with Gasteiger partial charge in [-0.2, -0.15) is 17.2 Å². The Bertz CT molecular complexity index is 2120. The number of halogens is 2. The smallest absolute Gasteiger partial charge is 0.509 e. The van der Waals surface area contributed by atoms with E-state index in [0.717, 1.165) is 33.7 Å². The third-order valence-corrected chi connectivity index (χ3v) is 7.40. The van der Waals surface area contributed by atoms with Crippen LogP contribution in [-0.4, -0.2) is 19.3 Å². The van der Waals surface area contributed by atoms with Crippen molar-refractivity contribution in [3.8, 4) is 34.1 Å². The van der Waals surface area contributed by atoms with Crippen LogP contribution in [0.3, 0.4) is 0 Å². The summed E-state index contributed by atoms with van der Waals surface area (Å²) in [4.78, 5) is 4.73. The van der Waals surface area contributed by atoms with Gasteiger partial charge in [-0.1, -0.05) is 44.5 Å². The zero-order valence-corrected chi connectivity index (χ0v) is 26.4. The van der Waals surface area contributed by atoms with Crippen LogP contribution in [0.4, 0.5) is 8.78 Å². The zero-order chi connectivity index (χ0) is 29.7. The molecule has 0 fully saturated rings. The zero-order valence-electron chi connectivity index (χ0n) is 24.1. The first-order valence-corrected chi connectivity index (χ1v) is 13.9. The topological polar surface area (TPSA) is 44.9 Å². The number of benzene rings is 4. The SMILES string of the molecule is CC(C)(C)c1ccnc(-n2c3[c-]c(Oc4[c-]c(-n5cc(-c6cc(F)cc(F)c6)cn5)ccc4)ccc3c3ccccc32)c1.[Pt+2]. The fourth-order valence-electron chi connectivity index (χ4n) is 5.25. The van der Waals surface area contributed by atoms with Crippen LogP contribution >= 0.6 is 0 Å². The number of ether oxygens (including phenoxy) is 1. The van der Waals surface area contributed by atoms with E-state index in [-0.39, 0.29) is 26.5 Å². The second-order valence-corrected chi connectivity index (χ2v) is 11.4. The molecule has 0 unspecified atom stereocenters. The average molecular weight is 764 g/mol. The number of rotatable bonds is 5. The van der Waals surface area contributed by atoms with Crippen molar-refractivity contribution in [2.24, 2.45) is 0 Å². The van der Waals surface area contributed by atoms with Crippen molar-refractivity contribution < 1.29 is 34.6 Å². The molecule has 0 aliphatic heterocycles. The van der Waals surface area contributed by atoms with Crippen LogP contribution in [0.15, 0.2) is 104 Å². The van der Waals surface area contributed by atoms with Crippen LogP contribution in [0, 0.1) is 23.8 Å². The minimum absolute atomic E-state index is 0. The molecule has 0 aliphatic rings. The fraction of sp³-hybridized carbons (Fsp3) is 0.111. The van der Waals surface area contributed by atoms with Gasteiger partial charge in [-0.25, -0.2) is 13.8 Å². The van der Waals surface area contributed by atoms with Gasteiger partial charge in [0.2, 0.25) is 0 Å². The molecule has 0 saturated carbocycles. The van der Waals surface area contributed by atoms with E-state index in [9.17, 15) is 8.78 Å². The van der Waals surface area contributed by atoms with E-state index in [1.807, 2.05) is 42.6 Å². The number of para-hydroxylation sites is 1. The molecule has 4 aromatic carbocycles. The first-order chi connectivity index (χ1) is 20.7. The van der Waals surface area contributed by atoms with Gasteiger partial charge in [-0.15, -0.1) is 35.7 Å². The summed E-state index contributed by atoms with van der Waals surface area (Å²) in [6, 6.07) is 31.9. The van der Waals surface area contributed by atoms with Crippen molar-refractivity contribution in [1.29, 1.82) is 0 Å². The van der Waals surface area contributed by atoms with Crippen molar-refractivity contribution in [2.75, 3.05) is 0 Å². The van der Waals surface area contributed by atoms with Gasteiger partial charge in [0.1, 0.15) is 17.5 Å². The summed E-state index contributed by atoms with van der Waals surface area (Å²) in [5, 5.41) is 6.52. The fourth-order valence-corrected chi connectivity index (χ4v) is 5.25. The molecule has 0 radical (unpaired) electrons. The Morgan fingerprint density at radius 3 is 2.34 bits per heavy atom. The monoisotopic (exact) mass is 763 g/mol. The van der Waals surface area contributed by atoms with E-state index in [4.69, 9.17) is 9.72 Å². The van der Waals surface area contributed by atoms with E-state index in [2.05, 4.69) is 66.8 Å². The number of pyridine rings is 1. The van der Waals surface area contributed by atoms with Gasteiger partial charge < -0.3 is 9.30 Å². The van der Waals surface area contributed by atoms with Crippen molar-refractivity contribution in [1.82, 2.24) is 19.3 Å². The molecule has 7 aromatic rings. The molecule has 0 saturated heterocycles. The molecular weight excluding hydrogens is 737 g/mol. The van der Waals surface area contributed by atoms with Gasteiger partial charge in [0.15, 0.2) is 0 Å². The third kappa shape index (κ3) is 5.56. The Labute approximate surface area is 268 Å². The van der Waals surface area contributed by atoms with Crippen LogP contribution < -0.4 is 4.74 Å². The predicted octanol–water partition coefficient (Wildman–Crippen LogP) is 9.00. The Morgan fingerprint density at radius 1 is 0.773 bits per heavy atom. The largest absolute Gasteiger partial charge is 2.00 e. The molecular formula is C36H26F2N4OPt. The maximum atomic E-state index is 13.7. The molecule has 0 amide bonds. The van der Waals surface area contributed by atoms with Crippen molar-refractivity contribution in [3.05, 3.63) is 133 Å². The summed E-state index contributed by atoms with van der Waals surface area (Å²) in [5.74, 6) is 0.517. The Kier molecular flexibility index (Phi) is 7.68. The van der Waals surface area contributed by atoms with Crippen LogP contribution in [-0.2, 0) is 26.5 Å². The van der Waals surface area contributed by atoms with Crippen LogP contribution in [0.25, 0.3) is 44.4 Å². The van der Waals surface area contributed by atoms with Gasteiger partial charge >= 0.3 is 21.1 Å². The second kappa shape index (κ2) is 11.5. The van der Waals surface area contributed by atoms with Gasteiger partial charge in [-0.3, -0.25) is 4.68 Å². The first kappa shape index (κ1) is 29.5. The van der Waals surface area contributed by atoms with Crippen molar-refractivity contribution >= 4 is 21.8 Å². The summed E-state index contributed by atoms with van der Waals surface area (Å²) < 4.78 is 37.5. The maximum Gasteiger partial charge on any atom is 2.00 e. The number of nitrogens with zero attached hydrogens (tertiary/aromatic N) is 4. The number of hydrogen-bond acceptors (Lipinski definition) is 3. The molecule has 0 spiro atoms. The molecule has 0 N–H and O–H groups in total. The average Bonchev–Trinajstić information content (AvgIpc) is 3.60. The van der Waals surface area contributed by atoms with Gasteiger partial charge in [-0.05, 0) is 57.9 Å². The molecule has 3 aromatic heterocycles. The number of aromatic nitrogens is 4. The number of hydrogen-bond donors (Lipinski definition) is 0. The second-order valence-electron chi connectivity index (χ2n) is 11.4. The molecule has 220 valence electrons. The normalized spacial score (nSPS) is 11.6. The molecule has 44 heavy (non-hydrogen) atoms. The van der Waals surface area contributed by atoms with Gasteiger partial charge in [0.05, 0.1) is 6.20 Å². The number of fused-ring (bicyclic) bond motifs is 3. The summed E-state index contributed by atoms with van der Waals surface area (Å²) in [5.41, 5.74) is 4.63. The van der Waals surface area contributed by atoms with E-state index in [0.29, 0.717) is 28.3 Å².